The van der Waals surface area contributed by atoms with Crippen molar-refractivity contribution in [2.24, 2.45) is 0 Å². The van der Waals surface area contributed by atoms with E-state index in [1.807, 2.05) is 0 Å². The molecule has 0 saturated carbocycles. The number of anilines is 1. The van der Waals surface area contributed by atoms with Crippen LogP contribution in [-0.4, -0.2) is 18.4 Å². The number of hydrogen-bond acceptors (Lipinski definition) is 5. The van der Waals surface area contributed by atoms with Gasteiger partial charge in [-0.1, -0.05) is 5.16 Å². The second kappa shape index (κ2) is 4.73. The Labute approximate surface area is 116 Å². The van der Waals surface area contributed by atoms with E-state index in [1.165, 1.54) is 6.20 Å². The first-order valence-corrected chi connectivity index (χ1v) is 6.46. The van der Waals surface area contributed by atoms with Crippen LogP contribution in [0, 0.1) is 5.82 Å². The SMILES string of the molecule is Nc1oncc1-c1cc2c(c(Br)c1F)OCCCO2. The average molecular weight is 329 g/mol. The van der Waals surface area contributed by atoms with Crippen molar-refractivity contribution in [3.05, 3.63) is 22.6 Å². The third kappa shape index (κ3) is 2.03. The van der Waals surface area contributed by atoms with Crippen LogP contribution in [0.4, 0.5) is 10.3 Å². The van der Waals surface area contributed by atoms with Gasteiger partial charge in [0.15, 0.2) is 11.5 Å². The molecule has 0 unspecified atom stereocenters. The maximum absolute atomic E-state index is 14.4. The van der Waals surface area contributed by atoms with E-state index in [4.69, 9.17) is 19.7 Å². The third-order valence-electron chi connectivity index (χ3n) is 2.81. The fraction of sp³-hybridized carbons (Fsp3) is 0.250. The molecule has 1 aliphatic rings. The number of aromatic nitrogens is 1. The van der Waals surface area contributed by atoms with Crippen molar-refractivity contribution >= 4 is 21.8 Å². The van der Waals surface area contributed by atoms with Crippen LogP contribution in [0.15, 0.2) is 21.3 Å². The quantitative estimate of drug-likeness (QED) is 0.871. The molecule has 0 amide bonds. The molecule has 7 heteroatoms. The number of rotatable bonds is 1. The topological polar surface area (TPSA) is 70.5 Å². The Morgan fingerprint density at radius 3 is 2.79 bits per heavy atom. The van der Waals surface area contributed by atoms with Crippen molar-refractivity contribution < 1.29 is 18.4 Å². The number of fused-ring (bicyclic) bond motifs is 1. The number of nitrogen functional groups attached to an aromatic ring is 1. The molecule has 1 aromatic heterocycles. The Morgan fingerprint density at radius 1 is 1.26 bits per heavy atom. The van der Waals surface area contributed by atoms with Gasteiger partial charge in [0.25, 0.3) is 0 Å². The molecule has 0 saturated heterocycles. The Hall–Kier alpha value is -1.76. The lowest BCUT2D eigenvalue weighted by Gasteiger charge is -2.12. The van der Waals surface area contributed by atoms with Crippen molar-refractivity contribution in [3.8, 4) is 22.6 Å². The number of benzene rings is 1. The van der Waals surface area contributed by atoms with Gasteiger partial charge >= 0.3 is 0 Å². The summed E-state index contributed by atoms with van der Waals surface area (Å²) in [5, 5.41) is 3.55. The summed E-state index contributed by atoms with van der Waals surface area (Å²) in [5.74, 6) is 0.412. The molecule has 2 heterocycles. The predicted octanol–water partition coefficient (Wildman–Crippen LogP) is 2.99. The summed E-state index contributed by atoms with van der Waals surface area (Å²) in [6.07, 6.45) is 2.11. The highest BCUT2D eigenvalue weighted by Gasteiger charge is 2.23. The molecular weight excluding hydrogens is 319 g/mol. The van der Waals surface area contributed by atoms with Gasteiger partial charge in [0.05, 0.1) is 29.4 Å². The van der Waals surface area contributed by atoms with Crippen LogP contribution >= 0.6 is 15.9 Å². The van der Waals surface area contributed by atoms with E-state index in [9.17, 15) is 4.39 Å². The molecule has 0 bridgehead atoms. The molecule has 1 aromatic carbocycles. The summed E-state index contributed by atoms with van der Waals surface area (Å²) in [7, 11) is 0. The molecule has 5 nitrogen and oxygen atoms in total. The lowest BCUT2D eigenvalue weighted by atomic mass is 10.1. The first-order valence-electron chi connectivity index (χ1n) is 5.66. The van der Waals surface area contributed by atoms with E-state index in [2.05, 4.69) is 21.1 Å². The van der Waals surface area contributed by atoms with Crippen molar-refractivity contribution in [2.75, 3.05) is 18.9 Å². The fourth-order valence-corrected chi connectivity index (χ4v) is 2.41. The zero-order chi connectivity index (χ0) is 13.4. The highest BCUT2D eigenvalue weighted by atomic mass is 79.9. The summed E-state index contributed by atoms with van der Waals surface area (Å²) < 4.78 is 30.4. The van der Waals surface area contributed by atoms with Gasteiger partial charge in [-0.25, -0.2) is 4.39 Å². The molecule has 19 heavy (non-hydrogen) atoms. The van der Waals surface area contributed by atoms with Gasteiger partial charge in [0, 0.05) is 12.0 Å². The second-order valence-corrected chi connectivity index (χ2v) is 4.83. The van der Waals surface area contributed by atoms with Crippen molar-refractivity contribution in [2.45, 2.75) is 6.42 Å². The Kier molecular flexibility index (Phi) is 3.06. The smallest absolute Gasteiger partial charge is 0.230 e. The van der Waals surface area contributed by atoms with Crippen molar-refractivity contribution in [1.82, 2.24) is 5.16 Å². The second-order valence-electron chi connectivity index (χ2n) is 4.03. The van der Waals surface area contributed by atoms with E-state index in [1.54, 1.807) is 6.07 Å². The van der Waals surface area contributed by atoms with Gasteiger partial charge in [-0.3, -0.25) is 0 Å². The van der Waals surface area contributed by atoms with E-state index in [0.29, 0.717) is 30.3 Å². The van der Waals surface area contributed by atoms with E-state index in [0.717, 1.165) is 6.42 Å². The number of hydrogen-bond donors (Lipinski definition) is 1. The summed E-state index contributed by atoms with van der Waals surface area (Å²) in [5.41, 5.74) is 6.26. The molecule has 0 aliphatic carbocycles. The molecule has 2 N–H and O–H groups in total. The fourth-order valence-electron chi connectivity index (χ4n) is 1.89. The Morgan fingerprint density at radius 2 is 2.05 bits per heavy atom. The summed E-state index contributed by atoms with van der Waals surface area (Å²) in [6.45, 7) is 1.00. The van der Waals surface area contributed by atoms with Gasteiger partial charge in [-0.05, 0) is 22.0 Å². The van der Waals surface area contributed by atoms with Crippen LogP contribution in [0.5, 0.6) is 11.5 Å². The molecule has 0 atom stereocenters. The van der Waals surface area contributed by atoms with Crippen LogP contribution in [0.1, 0.15) is 6.42 Å². The monoisotopic (exact) mass is 328 g/mol. The summed E-state index contributed by atoms with van der Waals surface area (Å²) in [4.78, 5) is 0. The maximum atomic E-state index is 14.4. The highest BCUT2D eigenvalue weighted by Crippen LogP contribution is 2.44. The van der Waals surface area contributed by atoms with Crippen LogP contribution in [0.2, 0.25) is 0 Å². The van der Waals surface area contributed by atoms with E-state index >= 15 is 0 Å². The van der Waals surface area contributed by atoms with Crippen LogP contribution in [0.3, 0.4) is 0 Å². The van der Waals surface area contributed by atoms with Gasteiger partial charge in [-0.2, -0.15) is 0 Å². The summed E-state index contributed by atoms with van der Waals surface area (Å²) in [6, 6.07) is 1.55. The zero-order valence-electron chi connectivity index (χ0n) is 9.78. The third-order valence-corrected chi connectivity index (χ3v) is 3.52. The summed E-state index contributed by atoms with van der Waals surface area (Å²) >= 11 is 3.19. The average Bonchev–Trinajstić information content (AvgIpc) is 2.68. The molecule has 0 spiro atoms. The van der Waals surface area contributed by atoms with Gasteiger partial charge in [0.2, 0.25) is 5.88 Å². The minimum absolute atomic E-state index is 0.0558. The maximum Gasteiger partial charge on any atom is 0.230 e. The molecule has 0 radical (unpaired) electrons. The largest absolute Gasteiger partial charge is 0.489 e. The molecular formula is C12H10BrFN2O3. The number of halogens is 2. The van der Waals surface area contributed by atoms with Crippen molar-refractivity contribution in [3.63, 3.8) is 0 Å². The van der Waals surface area contributed by atoms with E-state index in [-0.39, 0.29) is 15.9 Å². The number of nitrogens with zero attached hydrogens (tertiary/aromatic N) is 1. The van der Waals surface area contributed by atoms with Crippen LogP contribution in [-0.2, 0) is 0 Å². The Bertz CT molecular complexity index is 630. The first-order chi connectivity index (χ1) is 9.18. The van der Waals surface area contributed by atoms with Gasteiger partial charge in [0.1, 0.15) is 5.82 Å². The lowest BCUT2D eigenvalue weighted by molar-refractivity contribution is 0.296. The normalized spacial score (nSPS) is 14.2. The van der Waals surface area contributed by atoms with Crippen LogP contribution in [0.25, 0.3) is 11.1 Å². The minimum atomic E-state index is -0.487. The first kappa shape index (κ1) is 12.3. The zero-order valence-corrected chi connectivity index (χ0v) is 11.4. The Balaban J connectivity index is 2.19. The standard InChI is InChI=1S/C12H10BrFN2O3/c13-9-10(14)6(7-5-16-19-12(7)15)4-8-11(9)18-3-1-2-17-8/h4-5H,1-3,15H2. The predicted molar refractivity (Wildman–Crippen MR) is 69.6 cm³/mol. The number of ether oxygens (including phenoxy) is 2. The highest BCUT2D eigenvalue weighted by molar-refractivity contribution is 9.10. The lowest BCUT2D eigenvalue weighted by Crippen LogP contribution is -1.97. The van der Waals surface area contributed by atoms with E-state index < -0.39 is 5.82 Å². The van der Waals surface area contributed by atoms with Gasteiger partial charge < -0.3 is 19.7 Å². The molecule has 0 fully saturated rings. The molecule has 2 aromatic rings. The van der Waals surface area contributed by atoms with Gasteiger partial charge in [-0.15, -0.1) is 0 Å². The van der Waals surface area contributed by atoms with Crippen LogP contribution < -0.4 is 15.2 Å². The number of nitrogens with two attached hydrogens (primary N) is 1. The molecule has 100 valence electrons. The molecule has 1 aliphatic heterocycles. The van der Waals surface area contributed by atoms with Crippen molar-refractivity contribution in [1.29, 1.82) is 0 Å². The minimum Gasteiger partial charge on any atom is -0.489 e. The molecule has 3 rings (SSSR count).